The van der Waals surface area contributed by atoms with Crippen LogP contribution in [0.2, 0.25) is 0 Å². The zero-order valence-electron chi connectivity index (χ0n) is 10.8. The molecular formula is C15H22N2. The molecule has 1 saturated carbocycles. The number of hydrogen-bond donors (Lipinski definition) is 1. The number of hydrogen-bond acceptors (Lipinski definition) is 2. The minimum absolute atomic E-state index is 0.469. The van der Waals surface area contributed by atoms with Crippen LogP contribution in [0, 0.1) is 16.7 Å². The van der Waals surface area contributed by atoms with Crippen LogP contribution >= 0.6 is 0 Å². The van der Waals surface area contributed by atoms with E-state index in [1.54, 1.807) is 0 Å². The standard InChI is InChI=1S/C15H22N2/c1-14-10-17(9-12-6-4-3-5-7-12)11-15(14,2)13(14)8-16/h3-7,13H,8-11,16H2,1-2H3/t13?,14-,15+. The molecule has 0 radical (unpaired) electrons. The van der Waals surface area contributed by atoms with E-state index in [1.807, 2.05) is 0 Å². The molecule has 2 nitrogen and oxygen atoms in total. The first-order chi connectivity index (χ1) is 8.10. The number of likely N-dealkylation sites (tertiary alicyclic amines) is 1. The first kappa shape index (κ1) is 11.2. The van der Waals surface area contributed by atoms with E-state index in [0.717, 1.165) is 19.0 Å². The summed E-state index contributed by atoms with van der Waals surface area (Å²) in [6.45, 7) is 9.18. The largest absolute Gasteiger partial charge is 0.330 e. The number of benzene rings is 1. The number of nitrogens with two attached hydrogens (primary N) is 1. The molecule has 1 unspecified atom stereocenters. The average molecular weight is 230 g/mol. The van der Waals surface area contributed by atoms with Gasteiger partial charge in [-0.1, -0.05) is 44.2 Å². The summed E-state index contributed by atoms with van der Waals surface area (Å²) in [5.41, 5.74) is 8.23. The van der Waals surface area contributed by atoms with E-state index in [4.69, 9.17) is 5.73 Å². The molecule has 2 heteroatoms. The van der Waals surface area contributed by atoms with Gasteiger partial charge in [-0.3, -0.25) is 4.90 Å². The number of nitrogens with zero attached hydrogens (tertiary/aromatic N) is 1. The molecule has 1 saturated heterocycles. The zero-order chi connectivity index (χ0) is 12.1. The molecule has 1 heterocycles. The van der Waals surface area contributed by atoms with Crippen molar-refractivity contribution >= 4 is 0 Å². The van der Waals surface area contributed by atoms with Crippen LogP contribution in [0.25, 0.3) is 0 Å². The average Bonchev–Trinajstić information content (AvgIpc) is 2.60. The van der Waals surface area contributed by atoms with Crippen LogP contribution in [0.5, 0.6) is 0 Å². The maximum absolute atomic E-state index is 5.87. The summed E-state index contributed by atoms with van der Waals surface area (Å²) in [7, 11) is 0. The summed E-state index contributed by atoms with van der Waals surface area (Å²) in [6.07, 6.45) is 0. The second-order valence-corrected chi connectivity index (χ2v) is 6.25. The van der Waals surface area contributed by atoms with Crippen molar-refractivity contribution in [1.82, 2.24) is 4.90 Å². The van der Waals surface area contributed by atoms with Gasteiger partial charge in [0.1, 0.15) is 0 Å². The molecule has 0 amide bonds. The van der Waals surface area contributed by atoms with Crippen molar-refractivity contribution in [3.63, 3.8) is 0 Å². The highest BCUT2D eigenvalue weighted by Gasteiger charge is 2.73. The summed E-state index contributed by atoms with van der Waals surface area (Å²) in [6, 6.07) is 10.8. The Morgan fingerprint density at radius 2 is 1.76 bits per heavy atom. The second-order valence-electron chi connectivity index (χ2n) is 6.25. The Bertz CT molecular complexity index is 398. The van der Waals surface area contributed by atoms with E-state index in [9.17, 15) is 0 Å². The number of rotatable bonds is 3. The lowest BCUT2D eigenvalue weighted by atomic mass is 10.0. The van der Waals surface area contributed by atoms with Gasteiger partial charge in [-0.05, 0) is 28.9 Å². The van der Waals surface area contributed by atoms with Crippen LogP contribution in [0.4, 0.5) is 0 Å². The van der Waals surface area contributed by atoms with Crippen LogP contribution in [-0.4, -0.2) is 24.5 Å². The van der Waals surface area contributed by atoms with E-state index < -0.39 is 0 Å². The van der Waals surface area contributed by atoms with Crippen molar-refractivity contribution < 1.29 is 0 Å². The third-order valence-electron chi connectivity index (χ3n) is 5.35. The summed E-state index contributed by atoms with van der Waals surface area (Å²) < 4.78 is 0. The van der Waals surface area contributed by atoms with E-state index in [1.165, 1.54) is 18.7 Å². The molecule has 2 aliphatic rings. The van der Waals surface area contributed by atoms with Gasteiger partial charge in [0.2, 0.25) is 0 Å². The third kappa shape index (κ3) is 1.47. The predicted octanol–water partition coefficient (Wildman–Crippen LogP) is 2.10. The van der Waals surface area contributed by atoms with Crippen LogP contribution in [0.15, 0.2) is 30.3 Å². The molecule has 1 aliphatic carbocycles. The number of fused-ring (bicyclic) bond motifs is 1. The van der Waals surface area contributed by atoms with Crippen molar-refractivity contribution in [2.24, 2.45) is 22.5 Å². The maximum Gasteiger partial charge on any atom is 0.0234 e. The first-order valence-electron chi connectivity index (χ1n) is 6.56. The van der Waals surface area contributed by atoms with Crippen molar-refractivity contribution in [2.75, 3.05) is 19.6 Å². The molecule has 0 bridgehead atoms. The van der Waals surface area contributed by atoms with Crippen LogP contribution in [0.3, 0.4) is 0 Å². The lowest BCUT2D eigenvalue weighted by molar-refractivity contribution is 0.243. The molecule has 1 aromatic rings. The van der Waals surface area contributed by atoms with Crippen LogP contribution in [0.1, 0.15) is 19.4 Å². The molecule has 2 fully saturated rings. The SMILES string of the molecule is C[C@@]12CN(Cc3ccccc3)C[C@]1(C)C2CN. The Balaban J connectivity index is 1.68. The zero-order valence-corrected chi connectivity index (χ0v) is 10.8. The molecular weight excluding hydrogens is 208 g/mol. The van der Waals surface area contributed by atoms with Gasteiger partial charge in [-0.2, -0.15) is 0 Å². The lowest BCUT2D eigenvalue weighted by Crippen LogP contribution is -2.29. The van der Waals surface area contributed by atoms with Gasteiger partial charge in [0.05, 0.1) is 0 Å². The Morgan fingerprint density at radius 1 is 1.18 bits per heavy atom. The Labute approximate surface area is 104 Å². The van der Waals surface area contributed by atoms with Crippen LogP contribution < -0.4 is 5.73 Å². The fourth-order valence-corrected chi connectivity index (χ4v) is 4.11. The molecule has 2 N–H and O–H groups in total. The van der Waals surface area contributed by atoms with Crippen LogP contribution in [-0.2, 0) is 6.54 Å². The summed E-state index contributed by atoms with van der Waals surface area (Å²) >= 11 is 0. The highest BCUT2D eigenvalue weighted by Crippen LogP contribution is 2.72. The highest BCUT2D eigenvalue weighted by atomic mass is 15.2. The van der Waals surface area contributed by atoms with Gasteiger partial charge in [0, 0.05) is 19.6 Å². The maximum atomic E-state index is 5.87. The first-order valence-corrected chi connectivity index (χ1v) is 6.56. The van der Waals surface area contributed by atoms with Crippen molar-refractivity contribution in [1.29, 1.82) is 0 Å². The summed E-state index contributed by atoms with van der Waals surface area (Å²) in [5, 5.41) is 0. The van der Waals surface area contributed by atoms with Gasteiger partial charge in [-0.25, -0.2) is 0 Å². The second kappa shape index (κ2) is 3.56. The quantitative estimate of drug-likeness (QED) is 0.861. The highest BCUT2D eigenvalue weighted by molar-refractivity contribution is 5.24. The molecule has 92 valence electrons. The monoisotopic (exact) mass is 230 g/mol. The molecule has 1 aromatic carbocycles. The topological polar surface area (TPSA) is 29.3 Å². The van der Waals surface area contributed by atoms with E-state index in [-0.39, 0.29) is 0 Å². The van der Waals surface area contributed by atoms with Crippen molar-refractivity contribution in [2.45, 2.75) is 20.4 Å². The smallest absolute Gasteiger partial charge is 0.0234 e. The van der Waals surface area contributed by atoms with Crippen molar-refractivity contribution in [3.8, 4) is 0 Å². The molecule has 1 aliphatic heterocycles. The van der Waals surface area contributed by atoms with E-state index in [2.05, 4.69) is 49.1 Å². The van der Waals surface area contributed by atoms with Gasteiger partial charge in [0.15, 0.2) is 0 Å². The van der Waals surface area contributed by atoms with E-state index >= 15 is 0 Å². The van der Waals surface area contributed by atoms with Gasteiger partial charge in [0.25, 0.3) is 0 Å². The number of piperidine rings is 1. The summed E-state index contributed by atoms with van der Waals surface area (Å²) in [4.78, 5) is 2.58. The minimum atomic E-state index is 0.469. The molecule has 3 rings (SSSR count). The van der Waals surface area contributed by atoms with Crippen molar-refractivity contribution in [3.05, 3.63) is 35.9 Å². The fourth-order valence-electron chi connectivity index (χ4n) is 4.11. The molecule has 17 heavy (non-hydrogen) atoms. The Hall–Kier alpha value is -0.860. The van der Waals surface area contributed by atoms with Gasteiger partial charge < -0.3 is 5.73 Å². The van der Waals surface area contributed by atoms with Gasteiger partial charge >= 0.3 is 0 Å². The minimum Gasteiger partial charge on any atom is -0.330 e. The molecule has 3 atom stereocenters. The summed E-state index contributed by atoms with van der Waals surface area (Å²) in [5.74, 6) is 0.738. The molecule has 0 aromatic heterocycles. The fraction of sp³-hybridized carbons (Fsp3) is 0.600. The molecule has 0 spiro atoms. The lowest BCUT2D eigenvalue weighted by Gasteiger charge is -2.22. The third-order valence-corrected chi connectivity index (χ3v) is 5.35. The Kier molecular flexibility index (Phi) is 2.36. The predicted molar refractivity (Wildman–Crippen MR) is 70.5 cm³/mol. The van der Waals surface area contributed by atoms with E-state index in [0.29, 0.717) is 10.8 Å². The Morgan fingerprint density at radius 3 is 2.29 bits per heavy atom. The van der Waals surface area contributed by atoms with Gasteiger partial charge in [-0.15, -0.1) is 0 Å². The normalized spacial score (nSPS) is 40.3.